The number of rotatable bonds is 9. The molecule has 0 fully saturated rings. The lowest BCUT2D eigenvalue weighted by Gasteiger charge is -2.19. The van der Waals surface area contributed by atoms with Gasteiger partial charge < -0.3 is 0 Å². The molecule has 4 rings (SSSR count). The molecular weight excluding hydrogens is 436 g/mol. The highest BCUT2D eigenvalue weighted by atomic mass is 16.2. The number of unbranched alkanes of at least 4 members (excludes halogenated alkanes) is 2. The standard InChI is InChI=1S/C26H27N4O2.C2H6.CH4/c1-28-18-14-21(15-19-28)20-27-30(22-10-4-2-5-11-22)17-9-3-8-16-29-25(31)23-12-6-7-13-24(23)26(29)32;1-2;/h2,4-7,10-15,18-20H,3,8-9,16-17H2,1H3;1-2H3;1H4/q+1;;. The number of anilines is 1. The predicted molar refractivity (Wildman–Crippen MR) is 143 cm³/mol. The maximum Gasteiger partial charge on any atom is 0.261 e. The van der Waals surface area contributed by atoms with Crippen LogP contribution in [0.2, 0.25) is 0 Å². The van der Waals surface area contributed by atoms with Crippen LogP contribution in [0.15, 0.2) is 84.2 Å². The summed E-state index contributed by atoms with van der Waals surface area (Å²) in [4.78, 5) is 26.3. The molecule has 0 aliphatic carbocycles. The van der Waals surface area contributed by atoms with E-state index in [1.165, 1.54) is 4.90 Å². The lowest BCUT2D eigenvalue weighted by Crippen LogP contribution is -2.30. The number of benzene rings is 2. The van der Waals surface area contributed by atoms with Crippen molar-refractivity contribution in [1.82, 2.24) is 4.90 Å². The van der Waals surface area contributed by atoms with Crippen LogP contribution in [0.4, 0.5) is 5.69 Å². The summed E-state index contributed by atoms with van der Waals surface area (Å²) in [6.45, 7) is 5.20. The molecule has 1 aromatic heterocycles. The lowest BCUT2D eigenvalue weighted by molar-refractivity contribution is -0.671. The Kier molecular flexibility index (Phi) is 10.8. The molecule has 1 aliphatic rings. The zero-order valence-electron chi connectivity index (χ0n) is 20.2. The smallest absolute Gasteiger partial charge is 0.261 e. The van der Waals surface area contributed by atoms with Crippen LogP contribution in [0.3, 0.4) is 0 Å². The molecule has 0 radical (unpaired) electrons. The molecule has 0 bridgehead atoms. The highest BCUT2D eigenvalue weighted by molar-refractivity contribution is 6.21. The topological polar surface area (TPSA) is 56.9 Å². The number of imide groups is 1. The average Bonchev–Trinajstić information content (AvgIpc) is 3.13. The van der Waals surface area contributed by atoms with Gasteiger partial charge in [-0.3, -0.25) is 19.5 Å². The maximum absolute atomic E-state index is 12.5. The van der Waals surface area contributed by atoms with E-state index in [0.717, 1.165) is 37.1 Å². The summed E-state index contributed by atoms with van der Waals surface area (Å²) in [5, 5.41) is 6.70. The summed E-state index contributed by atoms with van der Waals surface area (Å²) in [7, 11) is 1.99. The second-order valence-corrected chi connectivity index (χ2v) is 7.87. The van der Waals surface area contributed by atoms with Crippen LogP contribution in [-0.2, 0) is 7.05 Å². The van der Waals surface area contributed by atoms with Crippen LogP contribution in [0, 0.1) is 0 Å². The van der Waals surface area contributed by atoms with Crippen LogP contribution in [0.1, 0.15) is 66.8 Å². The second kappa shape index (κ2) is 13.8. The van der Waals surface area contributed by atoms with Crippen LogP contribution in [-0.4, -0.2) is 36.0 Å². The number of para-hydroxylation sites is 1. The molecule has 3 aromatic rings. The van der Waals surface area contributed by atoms with Crippen molar-refractivity contribution >= 4 is 23.7 Å². The van der Waals surface area contributed by atoms with Gasteiger partial charge in [0.2, 0.25) is 0 Å². The van der Waals surface area contributed by atoms with Crippen LogP contribution < -0.4 is 9.58 Å². The van der Waals surface area contributed by atoms with Crippen molar-refractivity contribution in [2.45, 2.75) is 40.5 Å². The number of hydrogen-bond acceptors (Lipinski definition) is 4. The highest BCUT2D eigenvalue weighted by Gasteiger charge is 2.34. The molecule has 184 valence electrons. The summed E-state index contributed by atoms with van der Waals surface area (Å²) in [6, 6.07) is 21.2. The summed E-state index contributed by atoms with van der Waals surface area (Å²) in [5.74, 6) is -0.366. The molecule has 2 aromatic carbocycles. The maximum atomic E-state index is 12.5. The van der Waals surface area contributed by atoms with Gasteiger partial charge in [0.05, 0.1) is 23.0 Å². The Balaban J connectivity index is 0.00000140. The second-order valence-electron chi connectivity index (χ2n) is 7.87. The summed E-state index contributed by atoms with van der Waals surface area (Å²) >= 11 is 0. The van der Waals surface area contributed by atoms with Crippen molar-refractivity contribution in [3.05, 3.63) is 95.8 Å². The minimum Gasteiger partial charge on any atom is -0.274 e. The molecule has 0 spiro atoms. The SMILES string of the molecule is C.CC.C[n+]1ccc(/C=N/N(CCCCCN2C(=O)c3ccccc3C2=O)c2ccccc2)cc1. The van der Waals surface area contributed by atoms with Crippen LogP contribution in [0.25, 0.3) is 0 Å². The van der Waals surface area contributed by atoms with Gasteiger partial charge in [0, 0.05) is 30.8 Å². The first kappa shape index (κ1) is 27.4. The molecule has 6 nitrogen and oxygen atoms in total. The van der Waals surface area contributed by atoms with Crippen molar-refractivity contribution in [2.75, 3.05) is 18.1 Å². The number of carbonyl (C=O) groups excluding carboxylic acids is 2. The van der Waals surface area contributed by atoms with E-state index in [1.54, 1.807) is 24.3 Å². The van der Waals surface area contributed by atoms with Crippen molar-refractivity contribution < 1.29 is 14.2 Å². The monoisotopic (exact) mass is 473 g/mol. The van der Waals surface area contributed by atoms with Gasteiger partial charge in [-0.25, -0.2) is 4.57 Å². The minimum absolute atomic E-state index is 0. The van der Waals surface area contributed by atoms with E-state index in [1.807, 2.05) is 91.5 Å². The van der Waals surface area contributed by atoms with Gasteiger partial charge in [-0.1, -0.05) is 51.6 Å². The third kappa shape index (κ3) is 7.09. The van der Waals surface area contributed by atoms with E-state index < -0.39 is 0 Å². The Morgan fingerprint density at radius 2 is 1.40 bits per heavy atom. The Morgan fingerprint density at radius 3 is 2.00 bits per heavy atom. The molecule has 35 heavy (non-hydrogen) atoms. The van der Waals surface area contributed by atoms with Crippen LogP contribution >= 0.6 is 0 Å². The van der Waals surface area contributed by atoms with E-state index >= 15 is 0 Å². The average molecular weight is 474 g/mol. The molecule has 2 amide bonds. The normalized spacial score (nSPS) is 12.1. The van der Waals surface area contributed by atoms with Crippen molar-refractivity contribution in [2.24, 2.45) is 12.1 Å². The first-order valence-electron chi connectivity index (χ1n) is 11.9. The van der Waals surface area contributed by atoms with Gasteiger partial charge in [0.15, 0.2) is 12.4 Å². The molecule has 6 heteroatoms. The number of amides is 2. The molecule has 0 saturated carbocycles. The molecule has 0 atom stereocenters. The fourth-order valence-corrected chi connectivity index (χ4v) is 3.74. The Bertz CT molecular complexity index is 1080. The summed E-state index contributed by atoms with van der Waals surface area (Å²) < 4.78 is 1.99. The predicted octanol–water partition coefficient (Wildman–Crippen LogP) is 5.48. The van der Waals surface area contributed by atoms with Crippen LogP contribution in [0.5, 0.6) is 0 Å². The quantitative estimate of drug-likeness (QED) is 0.136. The van der Waals surface area contributed by atoms with E-state index in [4.69, 9.17) is 5.10 Å². The fraction of sp³-hybridized carbons (Fsp3) is 0.310. The fourth-order valence-electron chi connectivity index (χ4n) is 3.74. The number of pyridine rings is 1. The van der Waals surface area contributed by atoms with Crippen molar-refractivity contribution in [1.29, 1.82) is 0 Å². The first-order valence-corrected chi connectivity index (χ1v) is 11.9. The number of hydrogen-bond donors (Lipinski definition) is 0. The van der Waals surface area contributed by atoms with Gasteiger partial charge in [-0.15, -0.1) is 0 Å². The van der Waals surface area contributed by atoms with E-state index in [-0.39, 0.29) is 19.2 Å². The summed E-state index contributed by atoms with van der Waals surface area (Å²) in [6.07, 6.45) is 8.42. The van der Waals surface area contributed by atoms with Gasteiger partial charge in [-0.2, -0.15) is 5.10 Å². The zero-order valence-corrected chi connectivity index (χ0v) is 20.2. The van der Waals surface area contributed by atoms with Crippen molar-refractivity contribution in [3.8, 4) is 0 Å². The molecule has 2 heterocycles. The zero-order chi connectivity index (χ0) is 24.3. The Labute approximate surface area is 209 Å². The highest BCUT2D eigenvalue weighted by Crippen LogP contribution is 2.23. The molecule has 0 saturated heterocycles. The number of nitrogens with zero attached hydrogens (tertiary/aromatic N) is 4. The van der Waals surface area contributed by atoms with Gasteiger partial charge in [0.1, 0.15) is 7.05 Å². The lowest BCUT2D eigenvalue weighted by atomic mass is 10.1. The molecule has 1 aliphatic heterocycles. The number of aryl methyl sites for hydroxylation is 1. The van der Waals surface area contributed by atoms with Gasteiger partial charge in [0.25, 0.3) is 11.8 Å². The third-order valence-corrected chi connectivity index (χ3v) is 5.53. The third-order valence-electron chi connectivity index (χ3n) is 5.53. The largest absolute Gasteiger partial charge is 0.274 e. The van der Waals surface area contributed by atoms with Gasteiger partial charge in [-0.05, 0) is 43.5 Å². The van der Waals surface area contributed by atoms with Gasteiger partial charge >= 0.3 is 0 Å². The van der Waals surface area contributed by atoms with Crippen molar-refractivity contribution in [3.63, 3.8) is 0 Å². The Hall–Kier alpha value is -3.80. The number of carbonyl (C=O) groups is 2. The summed E-state index contributed by atoms with van der Waals surface area (Å²) in [5.41, 5.74) is 3.09. The van der Waals surface area contributed by atoms with E-state index in [2.05, 4.69) is 0 Å². The molecular formula is C29H37N4O2+. The minimum atomic E-state index is -0.183. The number of fused-ring (bicyclic) bond motifs is 1. The number of hydrazone groups is 1. The Morgan fingerprint density at radius 1 is 0.829 bits per heavy atom. The molecule has 0 N–H and O–H groups in total. The molecule has 0 unspecified atom stereocenters. The first-order chi connectivity index (χ1) is 16.6. The van der Waals surface area contributed by atoms with E-state index in [9.17, 15) is 9.59 Å². The van der Waals surface area contributed by atoms with E-state index in [0.29, 0.717) is 17.7 Å². The number of aromatic nitrogens is 1.